The maximum absolute atomic E-state index is 12.8. The molecule has 7 heteroatoms. The molecule has 1 aromatic rings. The molecule has 0 bridgehead atoms. The van der Waals surface area contributed by atoms with E-state index in [1.165, 1.54) is 4.90 Å². The van der Waals surface area contributed by atoms with Gasteiger partial charge in [-0.25, -0.2) is 9.69 Å². The number of aromatic nitrogens is 1. The quantitative estimate of drug-likeness (QED) is 0.545. The Morgan fingerprint density at radius 3 is 2.31 bits per heavy atom. The first-order chi connectivity index (χ1) is 12.2. The standard InChI is InChI=1S/C19H30N2O4Si/c1-7-26(8-2,9-3)25-16-15(14-11-10-12-20-13-14)21(17(16)22)18(23)24-19(4,5)6/h10-13,15-16H,7-9H2,1-6H3/t15-,16+/m0/s1. The number of amides is 2. The Balaban J connectivity index is 2.32. The van der Waals surface area contributed by atoms with Crippen molar-refractivity contribution in [3.63, 3.8) is 0 Å². The van der Waals surface area contributed by atoms with E-state index in [-0.39, 0.29) is 5.91 Å². The summed E-state index contributed by atoms with van der Waals surface area (Å²) in [7, 11) is -2.00. The number of ether oxygens (including phenoxy) is 1. The third-order valence-electron chi connectivity index (χ3n) is 4.97. The minimum Gasteiger partial charge on any atom is -0.443 e. The SMILES string of the molecule is CC[Si](CC)(CC)O[C@H]1C(=O)N(C(=O)OC(C)(C)C)[C@H]1c1cccnc1. The summed E-state index contributed by atoms with van der Waals surface area (Å²) >= 11 is 0. The van der Waals surface area contributed by atoms with Crippen LogP contribution in [0.2, 0.25) is 18.1 Å². The van der Waals surface area contributed by atoms with Gasteiger partial charge in [-0.3, -0.25) is 9.78 Å². The van der Waals surface area contributed by atoms with Crippen LogP contribution in [0, 0.1) is 0 Å². The van der Waals surface area contributed by atoms with Crippen LogP contribution >= 0.6 is 0 Å². The number of likely N-dealkylation sites (tertiary alicyclic amines) is 1. The molecule has 0 saturated carbocycles. The van der Waals surface area contributed by atoms with Crippen LogP contribution in [-0.2, 0) is 14.0 Å². The highest BCUT2D eigenvalue weighted by atomic mass is 28.4. The number of β-lactam (4-membered cyclic amide) rings is 1. The molecule has 2 rings (SSSR count). The Hall–Kier alpha value is -1.73. The molecule has 0 radical (unpaired) electrons. The Kier molecular flexibility index (Phi) is 6.23. The van der Waals surface area contributed by atoms with Gasteiger partial charge >= 0.3 is 6.09 Å². The molecule has 144 valence electrons. The molecule has 0 spiro atoms. The van der Waals surface area contributed by atoms with Gasteiger partial charge in [0.2, 0.25) is 0 Å². The summed E-state index contributed by atoms with van der Waals surface area (Å²) in [6.45, 7) is 11.7. The number of nitrogens with zero attached hydrogens (tertiary/aromatic N) is 2. The molecule has 2 amide bonds. The predicted octanol–water partition coefficient (Wildman–Crippen LogP) is 4.29. The van der Waals surface area contributed by atoms with E-state index in [2.05, 4.69) is 25.8 Å². The molecule has 2 heterocycles. The molecule has 0 aliphatic carbocycles. The first kappa shape index (κ1) is 20.6. The van der Waals surface area contributed by atoms with Crippen LogP contribution in [0.4, 0.5) is 4.79 Å². The van der Waals surface area contributed by atoms with Gasteiger partial charge in [0.15, 0.2) is 14.4 Å². The molecule has 26 heavy (non-hydrogen) atoms. The number of hydrogen-bond acceptors (Lipinski definition) is 5. The number of carbonyl (C=O) groups excluding carboxylic acids is 2. The Morgan fingerprint density at radius 2 is 1.85 bits per heavy atom. The molecule has 2 atom stereocenters. The molecule has 0 aromatic carbocycles. The summed E-state index contributed by atoms with van der Waals surface area (Å²) in [6, 6.07) is 6.00. The van der Waals surface area contributed by atoms with Crippen molar-refractivity contribution >= 4 is 20.3 Å². The molecule has 6 nitrogen and oxygen atoms in total. The lowest BCUT2D eigenvalue weighted by molar-refractivity contribution is -0.162. The molecule has 0 unspecified atom stereocenters. The highest BCUT2D eigenvalue weighted by Gasteiger charge is 2.56. The molecule has 1 aliphatic heterocycles. The van der Waals surface area contributed by atoms with E-state index in [1.54, 1.807) is 39.2 Å². The fraction of sp³-hybridized carbons (Fsp3) is 0.632. The van der Waals surface area contributed by atoms with Crippen molar-refractivity contribution in [2.45, 2.75) is 77.4 Å². The van der Waals surface area contributed by atoms with Gasteiger partial charge < -0.3 is 9.16 Å². The van der Waals surface area contributed by atoms with E-state index < -0.39 is 32.2 Å². The Morgan fingerprint density at radius 1 is 1.23 bits per heavy atom. The van der Waals surface area contributed by atoms with E-state index in [0.29, 0.717) is 0 Å². The third kappa shape index (κ3) is 4.15. The van der Waals surface area contributed by atoms with Crippen LogP contribution in [0.3, 0.4) is 0 Å². The largest absolute Gasteiger partial charge is 0.443 e. The minimum atomic E-state index is -2.00. The van der Waals surface area contributed by atoms with Crippen molar-refractivity contribution in [3.8, 4) is 0 Å². The van der Waals surface area contributed by atoms with E-state index in [0.717, 1.165) is 23.7 Å². The summed E-state index contributed by atoms with van der Waals surface area (Å²) in [6.07, 6.45) is 2.07. The number of rotatable bonds is 6. The lowest BCUT2D eigenvalue weighted by atomic mass is 9.92. The van der Waals surface area contributed by atoms with Crippen LogP contribution in [0.25, 0.3) is 0 Å². The molecule has 1 aromatic heterocycles. The predicted molar refractivity (Wildman–Crippen MR) is 102 cm³/mol. The molecular formula is C19H30N2O4Si. The average Bonchev–Trinajstić information content (AvgIpc) is 2.60. The van der Waals surface area contributed by atoms with Crippen LogP contribution in [0.1, 0.15) is 53.1 Å². The molecule has 0 N–H and O–H groups in total. The van der Waals surface area contributed by atoms with Crippen molar-refractivity contribution in [1.82, 2.24) is 9.88 Å². The van der Waals surface area contributed by atoms with E-state index in [9.17, 15) is 9.59 Å². The fourth-order valence-electron chi connectivity index (χ4n) is 3.24. The summed E-state index contributed by atoms with van der Waals surface area (Å²) in [5, 5.41) is 0. The van der Waals surface area contributed by atoms with Gasteiger partial charge in [0.1, 0.15) is 11.6 Å². The van der Waals surface area contributed by atoms with Gasteiger partial charge in [0, 0.05) is 12.4 Å². The average molecular weight is 379 g/mol. The first-order valence-electron chi connectivity index (χ1n) is 9.31. The molecular weight excluding hydrogens is 348 g/mol. The number of carbonyl (C=O) groups is 2. The van der Waals surface area contributed by atoms with Crippen molar-refractivity contribution in [2.75, 3.05) is 0 Å². The Labute approximate surface area is 157 Å². The highest BCUT2D eigenvalue weighted by molar-refractivity contribution is 6.73. The highest BCUT2D eigenvalue weighted by Crippen LogP contribution is 2.41. The van der Waals surface area contributed by atoms with Gasteiger partial charge in [-0.2, -0.15) is 0 Å². The second-order valence-corrected chi connectivity index (χ2v) is 12.4. The maximum Gasteiger partial charge on any atom is 0.417 e. The van der Waals surface area contributed by atoms with Crippen molar-refractivity contribution in [1.29, 1.82) is 0 Å². The fourth-order valence-corrected chi connectivity index (χ4v) is 6.00. The molecule has 1 aliphatic rings. The second-order valence-electron chi connectivity index (χ2n) is 7.70. The number of pyridine rings is 1. The van der Waals surface area contributed by atoms with Crippen molar-refractivity contribution < 1.29 is 18.8 Å². The smallest absolute Gasteiger partial charge is 0.417 e. The van der Waals surface area contributed by atoms with E-state index >= 15 is 0 Å². The van der Waals surface area contributed by atoms with Crippen LogP contribution in [0.15, 0.2) is 24.5 Å². The summed E-state index contributed by atoms with van der Waals surface area (Å²) in [5.41, 5.74) is 0.117. The Bertz CT molecular complexity index is 632. The van der Waals surface area contributed by atoms with Gasteiger partial charge in [-0.15, -0.1) is 0 Å². The zero-order chi connectivity index (χ0) is 19.5. The first-order valence-corrected chi connectivity index (χ1v) is 11.8. The summed E-state index contributed by atoms with van der Waals surface area (Å²) < 4.78 is 11.8. The second kappa shape index (κ2) is 7.88. The van der Waals surface area contributed by atoms with Crippen LogP contribution < -0.4 is 0 Å². The third-order valence-corrected chi connectivity index (χ3v) is 9.59. The molecule has 1 saturated heterocycles. The van der Waals surface area contributed by atoms with E-state index in [1.807, 2.05) is 6.07 Å². The minimum absolute atomic E-state index is 0.319. The summed E-state index contributed by atoms with van der Waals surface area (Å²) in [5.74, 6) is -0.319. The van der Waals surface area contributed by atoms with Gasteiger partial charge in [-0.1, -0.05) is 26.8 Å². The van der Waals surface area contributed by atoms with Gasteiger partial charge in [0.05, 0.1) is 0 Å². The number of hydrogen-bond donors (Lipinski definition) is 0. The van der Waals surface area contributed by atoms with Crippen LogP contribution in [-0.4, -0.2) is 41.9 Å². The summed E-state index contributed by atoms with van der Waals surface area (Å²) in [4.78, 5) is 30.7. The topological polar surface area (TPSA) is 68.7 Å². The van der Waals surface area contributed by atoms with Crippen molar-refractivity contribution in [2.24, 2.45) is 0 Å². The van der Waals surface area contributed by atoms with Crippen molar-refractivity contribution in [3.05, 3.63) is 30.1 Å². The van der Waals surface area contributed by atoms with E-state index in [4.69, 9.17) is 9.16 Å². The maximum atomic E-state index is 12.8. The lowest BCUT2D eigenvalue weighted by Crippen LogP contribution is -2.65. The van der Waals surface area contributed by atoms with Gasteiger partial charge in [-0.05, 0) is 50.5 Å². The zero-order valence-corrected chi connectivity index (χ0v) is 17.6. The normalized spacial score (nSPS) is 20.7. The molecule has 1 fully saturated rings. The lowest BCUT2D eigenvalue weighted by Gasteiger charge is -2.48. The van der Waals surface area contributed by atoms with Gasteiger partial charge in [0.25, 0.3) is 5.91 Å². The number of imide groups is 1. The van der Waals surface area contributed by atoms with Crippen LogP contribution in [0.5, 0.6) is 0 Å². The monoisotopic (exact) mass is 378 g/mol. The zero-order valence-electron chi connectivity index (χ0n) is 16.6.